The monoisotopic (exact) mass is 396 g/mol. The first-order valence-electron chi connectivity index (χ1n) is 7.61. The lowest BCUT2D eigenvalue weighted by atomic mass is 10.1. The quantitative estimate of drug-likeness (QED) is 0.403. The lowest BCUT2D eigenvalue weighted by molar-refractivity contribution is 0.250. The van der Waals surface area contributed by atoms with Gasteiger partial charge in [0.2, 0.25) is 5.95 Å². The van der Waals surface area contributed by atoms with Gasteiger partial charge >= 0.3 is 0 Å². The van der Waals surface area contributed by atoms with Crippen LogP contribution in [-0.4, -0.2) is 33.2 Å². The molecular formula is C16H18Cl2N6O2. The first-order chi connectivity index (χ1) is 12.0. The van der Waals surface area contributed by atoms with Crippen LogP contribution in [0.1, 0.15) is 6.42 Å². The third kappa shape index (κ3) is 4.89. The molecule has 6 N–H and O–H groups in total. The third-order valence-corrected chi connectivity index (χ3v) is 4.20. The van der Waals surface area contributed by atoms with Gasteiger partial charge in [-0.15, -0.1) is 5.11 Å². The summed E-state index contributed by atoms with van der Waals surface area (Å²) in [6.07, 6.45) is 4.66. The highest BCUT2D eigenvalue weighted by molar-refractivity contribution is 6.32. The number of azo groups is 1. The minimum absolute atomic E-state index is 0. The molecule has 0 bridgehead atoms. The standard InChI is InChI=1S/C16H16Cl2N6O.H2O/c17-10-2-5-11(6-3-10)23-24-13-14(18)21-16(19)22-15(13)20-12-4-1-9(7-12)8-25;/h1-6,9,12,25H,7-8H2,(H3,19,20,21,22);1H2/t9-,12+;/m1./s1. The van der Waals surface area contributed by atoms with Crippen LogP contribution in [0, 0.1) is 5.92 Å². The van der Waals surface area contributed by atoms with Crippen LogP contribution in [-0.2, 0) is 0 Å². The van der Waals surface area contributed by atoms with Gasteiger partial charge in [0.25, 0.3) is 0 Å². The number of nitrogens with two attached hydrogens (primary N) is 1. The van der Waals surface area contributed by atoms with Crippen molar-refractivity contribution < 1.29 is 10.6 Å². The highest BCUT2D eigenvalue weighted by Crippen LogP contribution is 2.34. The van der Waals surface area contributed by atoms with E-state index in [4.69, 9.17) is 28.9 Å². The van der Waals surface area contributed by atoms with Crippen molar-refractivity contribution in [2.24, 2.45) is 16.1 Å². The van der Waals surface area contributed by atoms with Crippen LogP contribution in [0.5, 0.6) is 0 Å². The molecule has 0 radical (unpaired) electrons. The van der Waals surface area contributed by atoms with Gasteiger partial charge in [0, 0.05) is 23.6 Å². The fourth-order valence-electron chi connectivity index (χ4n) is 2.44. The maximum atomic E-state index is 9.23. The molecule has 0 saturated carbocycles. The number of hydrogen-bond donors (Lipinski definition) is 3. The van der Waals surface area contributed by atoms with Crippen LogP contribution < -0.4 is 11.1 Å². The Kier molecular flexibility index (Phi) is 6.87. The summed E-state index contributed by atoms with van der Waals surface area (Å²) in [5, 5.41) is 21.5. The Hall–Kier alpha value is -2.26. The van der Waals surface area contributed by atoms with E-state index in [-0.39, 0.29) is 35.1 Å². The number of aliphatic hydroxyl groups excluding tert-OH is 1. The zero-order valence-electron chi connectivity index (χ0n) is 13.6. The van der Waals surface area contributed by atoms with Crippen molar-refractivity contribution in [1.82, 2.24) is 9.97 Å². The van der Waals surface area contributed by atoms with Crippen LogP contribution in [0.3, 0.4) is 0 Å². The molecule has 0 amide bonds. The van der Waals surface area contributed by atoms with Crippen molar-refractivity contribution in [3.63, 3.8) is 0 Å². The SMILES string of the molecule is Nc1nc(Cl)c(N=Nc2ccc(Cl)cc2)c(N[C@H]2C=C[C@@H](CO)C2)n1.O. The minimum Gasteiger partial charge on any atom is -0.412 e. The summed E-state index contributed by atoms with van der Waals surface area (Å²) >= 11 is 12.0. The Balaban J connectivity index is 0.00000243. The topological polar surface area (TPSA) is 140 Å². The van der Waals surface area contributed by atoms with Crippen molar-refractivity contribution in [3.8, 4) is 0 Å². The number of anilines is 2. The zero-order valence-corrected chi connectivity index (χ0v) is 15.1. The Morgan fingerprint density at radius 3 is 2.54 bits per heavy atom. The summed E-state index contributed by atoms with van der Waals surface area (Å²) in [6, 6.07) is 6.89. The molecule has 8 nitrogen and oxygen atoms in total. The molecule has 2 aromatic rings. The molecule has 1 aliphatic rings. The lowest BCUT2D eigenvalue weighted by Gasteiger charge is -2.15. The molecule has 0 spiro atoms. The number of nitrogens with zero attached hydrogens (tertiary/aromatic N) is 4. The van der Waals surface area contributed by atoms with E-state index in [0.29, 0.717) is 22.2 Å². The lowest BCUT2D eigenvalue weighted by Crippen LogP contribution is -2.18. The number of aliphatic hydroxyl groups is 1. The van der Waals surface area contributed by atoms with Gasteiger partial charge in [-0.05, 0) is 30.7 Å². The second-order valence-electron chi connectivity index (χ2n) is 5.56. The molecule has 0 aliphatic heterocycles. The molecule has 26 heavy (non-hydrogen) atoms. The summed E-state index contributed by atoms with van der Waals surface area (Å²) in [6.45, 7) is 0.102. The number of rotatable bonds is 5. The van der Waals surface area contributed by atoms with E-state index >= 15 is 0 Å². The molecule has 0 saturated heterocycles. The van der Waals surface area contributed by atoms with Gasteiger partial charge in [0.15, 0.2) is 16.7 Å². The Labute approximate surface area is 160 Å². The van der Waals surface area contributed by atoms with Gasteiger partial charge in [-0.2, -0.15) is 15.1 Å². The molecule has 138 valence electrons. The summed E-state index contributed by atoms with van der Waals surface area (Å²) in [5.74, 6) is 0.549. The second kappa shape index (κ2) is 8.91. The number of benzene rings is 1. The van der Waals surface area contributed by atoms with Crippen molar-refractivity contribution >= 4 is 46.3 Å². The van der Waals surface area contributed by atoms with E-state index in [1.54, 1.807) is 24.3 Å². The molecule has 3 rings (SSSR count). The fourth-order valence-corrected chi connectivity index (χ4v) is 2.78. The Bertz CT molecular complexity index is 813. The van der Waals surface area contributed by atoms with Crippen LogP contribution in [0.4, 0.5) is 23.1 Å². The van der Waals surface area contributed by atoms with E-state index in [1.807, 2.05) is 12.2 Å². The summed E-state index contributed by atoms with van der Waals surface area (Å²) in [5.41, 5.74) is 6.60. The molecule has 1 aliphatic carbocycles. The average Bonchev–Trinajstić information content (AvgIpc) is 3.03. The van der Waals surface area contributed by atoms with Gasteiger partial charge in [0.1, 0.15) is 0 Å². The summed E-state index contributed by atoms with van der Waals surface area (Å²) in [4.78, 5) is 8.10. The Morgan fingerprint density at radius 2 is 1.88 bits per heavy atom. The number of halogens is 2. The molecule has 10 heteroatoms. The van der Waals surface area contributed by atoms with E-state index in [1.165, 1.54) is 0 Å². The minimum atomic E-state index is -0.00741. The van der Waals surface area contributed by atoms with Gasteiger partial charge in [0.05, 0.1) is 5.69 Å². The maximum Gasteiger partial charge on any atom is 0.223 e. The highest BCUT2D eigenvalue weighted by Gasteiger charge is 2.21. The van der Waals surface area contributed by atoms with Crippen LogP contribution >= 0.6 is 23.2 Å². The number of aromatic nitrogens is 2. The van der Waals surface area contributed by atoms with Gasteiger partial charge in [-0.1, -0.05) is 35.4 Å². The normalized spacial score (nSPS) is 18.9. The first kappa shape index (κ1) is 20.1. The van der Waals surface area contributed by atoms with E-state index in [9.17, 15) is 5.11 Å². The van der Waals surface area contributed by atoms with Crippen molar-refractivity contribution in [1.29, 1.82) is 0 Å². The van der Waals surface area contributed by atoms with Gasteiger partial charge < -0.3 is 21.6 Å². The smallest absolute Gasteiger partial charge is 0.223 e. The molecule has 1 aromatic carbocycles. The van der Waals surface area contributed by atoms with Crippen LogP contribution in [0.2, 0.25) is 10.2 Å². The highest BCUT2D eigenvalue weighted by atomic mass is 35.5. The predicted molar refractivity (Wildman–Crippen MR) is 102 cm³/mol. The summed E-state index contributed by atoms with van der Waals surface area (Å²) < 4.78 is 0. The predicted octanol–water partition coefficient (Wildman–Crippen LogP) is 3.31. The van der Waals surface area contributed by atoms with E-state index in [2.05, 4.69) is 25.5 Å². The van der Waals surface area contributed by atoms with Gasteiger partial charge in [-0.25, -0.2) is 0 Å². The Morgan fingerprint density at radius 1 is 1.15 bits per heavy atom. The van der Waals surface area contributed by atoms with Crippen LogP contribution in [0.15, 0.2) is 46.6 Å². The fraction of sp³-hybridized carbons (Fsp3) is 0.250. The van der Waals surface area contributed by atoms with Crippen molar-refractivity contribution in [2.75, 3.05) is 17.7 Å². The second-order valence-corrected chi connectivity index (χ2v) is 6.35. The average molecular weight is 397 g/mol. The third-order valence-electron chi connectivity index (χ3n) is 3.68. The zero-order chi connectivity index (χ0) is 17.8. The molecule has 1 heterocycles. The molecule has 0 unspecified atom stereocenters. The number of nitrogen functional groups attached to an aromatic ring is 1. The number of nitrogens with one attached hydrogen (secondary N) is 1. The molecular weight excluding hydrogens is 379 g/mol. The number of hydrogen-bond acceptors (Lipinski definition) is 7. The van der Waals surface area contributed by atoms with Crippen molar-refractivity contribution in [2.45, 2.75) is 12.5 Å². The summed E-state index contributed by atoms with van der Waals surface area (Å²) in [7, 11) is 0. The van der Waals surface area contributed by atoms with E-state index < -0.39 is 0 Å². The largest absolute Gasteiger partial charge is 0.412 e. The molecule has 2 atom stereocenters. The first-order valence-corrected chi connectivity index (χ1v) is 8.37. The molecule has 1 aromatic heterocycles. The van der Waals surface area contributed by atoms with Crippen molar-refractivity contribution in [3.05, 3.63) is 46.6 Å². The molecule has 0 fully saturated rings. The van der Waals surface area contributed by atoms with Gasteiger partial charge in [-0.3, -0.25) is 0 Å². The van der Waals surface area contributed by atoms with Crippen LogP contribution in [0.25, 0.3) is 0 Å². The van der Waals surface area contributed by atoms with E-state index in [0.717, 1.165) is 6.42 Å². The maximum absolute atomic E-state index is 9.23.